The number of hydrogen-bond donors (Lipinski definition) is 1. The Morgan fingerprint density at radius 1 is 1.14 bits per heavy atom. The molecule has 0 saturated carbocycles. The van der Waals surface area contributed by atoms with E-state index in [9.17, 15) is 0 Å². The molecule has 2 rings (SSSR count). The van der Waals surface area contributed by atoms with Gasteiger partial charge < -0.3 is 15.0 Å². The molecule has 2 atom stereocenters. The number of likely N-dealkylation sites (tertiary alicyclic amines) is 1. The fourth-order valence-electron chi connectivity index (χ4n) is 3.62. The van der Waals surface area contributed by atoms with Gasteiger partial charge in [0, 0.05) is 38.4 Å². The molecule has 3 nitrogen and oxygen atoms in total. The van der Waals surface area contributed by atoms with Gasteiger partial charge in [-0.05, 0) is 63.8 Å². The Hall–Kier alpha value is -0.120. The summed E-state index contributed by atoms with van der Waals surface area (Å²) in [5.74, 6) is 1.73. The Labute approximate surface area is 131 Å². The van der Waals surface area contributed by atoms with Crippen LogP contribution in [0.2, 0.25) is 0 Å². The first-order valence-electron chi connectivity index (χ1n) is 8.85. The van der Waals surface area contributed by atoms with Gasteiger partial charge >= 0.3 is 0 Å². The van der Waals surface area contributed by atoms with Crippen molar-refractivity contribution in [3.8, 4) is 0 Å². The summed E-state index contributed by atoms with van der Waals surface area (Å²) in [6.07, 6.45) is 3.77. The van der Waals surface area contributed by atoms with Crippen LogP contribution in [0.5, 0.6) is 0 Å². The van der Waals surface area contributed by atoms with Gasteiger partial charge in [-0.3, -0.25) is 0 Å². The standard InChI is InChI=1S/C18H36N2O/c1-15-6-9-20(12-16(15)2)14-18(7-10-21-11-8-18)13-19-17(3,4)5/h15-16,19H,6-14H2,1-5H3. The molecule has 0 aromatic carbocycles. The lowest BCUT2D eigenvalue weighted by molar-refractivity contribution is -0.0166. The summed E-state index contributed by atoms with van der Waals surface area (Å²) >= 11 is 0. The van der Waals surface area contributed by atoms with E-state index in [-0.39, 0.29) is 5.54 Å². The van der Waals surface area contributed by atoms with Gasteiger partial charge in [0.15, 0.2) is 0 Å². The van der Waals surface area contributed by atoms with Crippen LogP contribution in [0.4, 0.5) is 0 Å². The molecular formula is C18H36N2O. The minimum atomic E-state index is 0.203. The molecule has 3 heteroatoms. The van der Waals surface area contributed by atoms with E-state index in [1.54, 1.807) is 0 Å². The van der Waals surface area contributed by atoms with Crippen LogP contribution in [0.1, 0.15) is 53.9 Å². The van der Waals surface area contributed by atoms with Crippen LogP contribution >= 0.6 is 0 Å². The van der Waals surface area contributed by atoms with Gasteiger partial charge in [-0.2, -0.15) is 0 Å². The van der Waals surface area contributed by atoms with Crippen LogP contribution < -0.4 is 5.32 Å². The molecule has 2 unspecified atom stereocenters. The first-order chi connectivity index (χ1) is 9.80. The fraction of sp³-hybridized carbons (Fsp3) is 1.00. The zero-order chi connectivity index (χ0) is 15.5. The molecule has 0 aliphatic carbocycles. The average molecular weight is 296 g/mol. The molecule has 2 fully saturated rings. The summed E-state index contributed by atoms with van der Waals surface area (Å²) in [7, 11) is 0. The Morgan fingerprint density at radius 2 is 1.81 bits per heavy atom. The SMILES string of the molecule is CC1CCN(CC2(CNC(C)(C)C)CCOCC2)CC1C. The second kappa shape index (κ2) is 6.97. The molecule has 0 aromatic heterocycles. The zero-order valence-corrected chi connectivity index (χ0v) is 14.9. The van der Waals surface area contributed by atoms with Crippen molar-refractivity contribution >= 4 is 0 Å². The van der Waals surface area contributed by atoms with Gasteiger partial charge in [0.1, 0.15) is 0 Å². The van der Waals surface area contributed by atoms with Gasteiger partial charge in [0.25, 0.3) is 0 Å². The molecular weight excluding hydrogens is 260 g/mol. The van der Waals surface area contributed by atoms with E-state index in [4.69, 9.17) is 4.74 Å². The zero-order valence-electron chi connectivity index (χ0n) is 14.9. The number of hydrogen-bond acceptors (Lipinski definition) is 3. The Balaban J connectivity index is 1.95. The van der Waals surface area contributed by atoms with Gasteiger partial charge in [0.05, 0.1) is 0 Å². The Morgan fingerprint density at radius 3 is 2.38 bits per heavy atom. The minimum Gasteiger partial charge on any atom is -0.381 e. The molecule has 2 aliphatic rings. The molecule has 2 saturated heterocycles. The smallest absolute Gasteiger partial charge is 0.0472 e. The van der Waals surface area contributed by atoms with Gasteiger partial charge in [-0.25, -0.2) is 0 Å². The van der Waals surface area contributed by atoms with E-state index >= 15 is 0 Å². The second-order valence-electron chi connectivity index (χ2n) is 8.69. The third-order valence-corrected chi connectivity index (χ3v) is 5.52. The van der Waals surface area contributed by atoms with Gasteiger partial charge in [0.2, 0.25) is 0 Å². The van der Waals surface area contributed by atoms with Crippen LogP contribution in [-0.4, -0.2) is 49.8 Å². The predicted octanol–water partition coefficient (Wildman–Crippen LogP) is 3.15. The molecule has 0 aromatic rings. The highest BCUT2D eigenvalue weighted by Gasteiger charge is 2.36. The number of piperidine rings is 1. The maximum Gasteiger partial charge on any atom is 0.0472 e. The molecule has 2 heterocycles. The maximum atomic E-state index is 5.64. The predicted molar refractivity (Wildman–Crippen MR) is 89.6 cm³/mol. The molecule has 21 heavy (non-hydrogen) atoms. The lowest BCUT2D eigenvalue weighted by Crippen LogP contribution is -2.53. The average Bonchev–Trinajstić information content (AvgIpc) is 2.41. The fourth-order valence-corrected chi connectivity index (χ4v) is 3.62. The molecule has 1 N–H and O–H groups in total. The van der Waals surface area contributed by atoms with Crippen LogP contribution in [0.25, 0.3) is 0 Å². The van der Waals surface area contributed by atoms with Crippen molar-refractivity contribution < 1.29 is 4.74 Å². The lowest BCUT2D eigenvalue weighted by atomic mass is 9.77. The Kier molecular flexibility index (Phi) is 5.72. The lowest BCUT2D eigenvalue weighted by Gasteiger charge is -2.45. The van der Waals surface area contributed by atoms with Crippen molar-refractivity contribution in [2.45, 2.75) is 59.4 Å². The van der Waals surface area contributed by atoms with Crippen molar-refractivity contribution in [1.82, 2.24) is 10.2 Å². The highest BCUT2D eigenvalue weighted by atomic mass is 16.5. The van der Waals surface area contributed by atoms with Gasteiger partial charge in [-0.1, -0.05) is 13.8 Å². The minimum absolute atomic E-state index is 0.203. The summed E-state index contributed by atoms with van der Waals surface area (Å²) in [5.41, 5.74) is 0.612. The number of nitrogens with one attached hydrogen (secondary N) is 1. The van der Waals surface area contributed by atoms with Crippen LogP contribution in [-0.2, 0) is 4.74 Å². The van der Waals surface area contributed by atoms with E-state index in [0.717, 1.165) is 31.6 Å². The quantitative estimate of drug-likeness (QED) is 0.862. The van der Waals surface area contributed by atoms with Crippen molar-refractivity contribution in [2.24, 2.45) is 17.3 Å². The molecule has 2 aliphatic heterocycles. The first kappa shape index (κ1) is 17.2. The Bertz CT molecular complexity index is 318. The summed E-state index contributed by atoms with van der Waals surface area (Å²) < 4.78 is 5.64. The highest BCUT2D eigenvalue weighted by molar-refractivity contribution is 4.91. The second-order valence-corrected chi connectivity index (χ2v) is 8.69. The summed E-state index contributed by atoms with van der Waals surface area (Å²) in [6.45, 7) is 18.4. The van der Waals surface area contributed by atoms with E-state index in [1.165, 1.54) is 38.9 Å². The van der Waals surface area contributed by atoms with E-state index in [1.807, 2.05) is 0 Å². The van der Waals surface area contributed by atoms with Crippen molar-refractivity contribution in [3.63, 3.8) is 0 Å². The van der Waals surface area contributed by atoms with Crippen LogP contribution in [0, 0.1) is 17.3 Å². The summed E-state index contributed by atoms with van der Waals surface area (Å²) in [5, 5.41) is 3.76. The molecule has 0 amide bonds. The molecule has 0 bridgehead atoms. The number of nitrogens with zero attached hydrogens (tertiary/aromatic N) is 1. The molecule has 124 valence electrons. The third kappa shape index (κ3) is 5.22. The topological polar surface area (TPSA) is 24.5 Å². The van der Waals surface area contributed by atoms with Crippen LogP contribution in [0.3, 0.4) is 0 Å². The largest absolute Gasteiger partial charge is 0.381 e. The maximum absolute atomic E-state index is 5.64. The number of rotatable bonds is 4. The third-order valence-electron chi connectivity index (χ3n) is 5.52. The molecule has 0 radical (unpaired) electrons. The van der Waals surface area contributed by atoms with Crippen LogP contribution in [0.15, 0.2) is 0 Å². The van der Waals surface area contributed by atoms with Crippen molar-refractivity contribution in [1.29, 1.82) is 0 Å². The normalized spacial score (nSPS) is 31.3. The monoisotopic (exact) mass is 296 g/mol. The summed E-state index contributed by atoms with van der Waals surface area (Å²) in [4.78, 5) is 2.72. The van der Waals surface area contributed by atoms with E-state index in [0.29, 0.717) is 5.41 Å². The van der Waals surface area contributed by atoms with Gasteiger partial charge in [-0.15, -0.1) is 0 Å². The number of ether oxygens (including phenoxy) is 1. The molecule has 0 spiro atoms. The van der Waals surface area contributed by atoms with E-state index < -0.39 is 0 Å². The van der Waals surface area contributed by atoms with Crippen molar-refractivity contribution in [2.75, 3.05) is 39.4 Å². The first-order valence-corrected chi connectivity index (χ1v) is 8.85. The van der Waals surface area contributed by atoms with Crippen molar-refractivity contribution in [3.05, 3.63) is 0 Å². The highest BCUT2D eigenvalue weighted by Crippen LogP contribution is 2.33. The summed E-state index contributed by atoms with van der Waals surface area (Å²) in [6, 6.07) is 0. The van der Waals surface area contributed by atoms with E-state index in [2.05, 4.69) is 44.8 Å².